The van der Waals surface area contributed by atoms with Crippen LogP contribution < -0.4 is 10.1 Å². The molecule has 1 aliphatic rings. The molecule has 0 atom stereocenters. The smallest absolute Gasteiger partial charge is 0.127 e. The summed E-state index contributed by atoms with van der Waals surface area (Å²) in [7, 11) is 0. The van der Waals surface area contributed by atoms with Crippen LogP contribution in [-0.4, -0.2) is 17.6 Å². The van der Waals surface area contributed by atoms with Crippen LogP contribution in [0.25, 0.3) is 0 Å². The first kappa shape index (κ1) is 13.3. The monoisotopic (exact) mass is 248 g/mol. The highest BCUT2D eigenvalue weighted by Gasteiger charge is 2.17. The summed E-state index contributed by atoms with van der Waals surface area (Å²) < 4.78 is 6.08. The van der Waals surface area contributed by atoms with Gasteiger partial charge in [0.05, 0.1) is 6.10 Å². The SMILES string of the molecule is CC(C)CNCc1cnccc1OC1CCCC1. The molecule has 0 aliphatic heterocycles. The molecule has 1 aromatic heterocycles. The third kappa shape index (κ3) is 3.98. The maximum atomic E-state index is 6.08. The van der Waals surface area contributed by atoms with Crippen molar-refractivity contribution in [2.24, 2.45) is 5.92 Å². The molecule has 2 rings (SSSR count). The Morgan fingerprint density at radius 1 is 1.39 bits per heavy atom. The Bertz CT molecular complexity index is 359. The highest BCUT2D eigenvalue weighted by Crippen LogP contribution is 2.26. The van der Waals surface area contributed by atoms with Crippen LogP contribution in [0.4, 0.5) is 0 Å². The minimum atomic E-state index is 0.413. The molecule has 3 heteroatoms. The zero-order valence-corrected chi connectivity index (χ0v) is 11.5. The van der Waals surface area contributed by atoms with Gasteiger partial charge < -0.3 is 10.1 Å². The Labute approximate surface area is 110 Å². The second-order valence-corrected chi connectivity index (χ2v) is 5.53. The van der Waals surface area contributed by atoms with Gasteiger partial charge in [-0.2, -0.15) is 0 Å². The Morgan fingerprint density at radius 2 is 2.17 bits per heavy atom. The van der Waals surface area contributed by atoms with E-state index in [-0.39, 0.29) is 0 Å². The van der Waals surface area contributed by atoms with Gasteiger partial charge in [-0.25, -0.2) is 0 Å². The van der Waals surface area contributed by atoms with E-state index in [0.29, 0.717) is 12.0 Å². The summed E-state index contributed by atoms with van der Waals surface area (Å²) in [5.41, 5.74) is 1.17. The molecule has 100 valence electrons. The van der Waals surface area contributed by atoms with E-state index in [1.165, 1.54) is 31.2 Å². The molecule has 0 amide bonds. The molecule has 0 aromatic carbocycles. The predicted octanol–water partition coefficient (Wildman–Crippen LogP) is 3.15. The van der Waals surface area contributed by atoms with Crippen molar-refractivity contribution in [3.05, 3.63) is 24.0 Å². The number of nitrogens with one attached hydrogen (secondary N) is 1. The number of pyridine rings is 1. The molecule has 1 fully saturated rings. The highest BCUT2D eigenvalue weighted by atomic mass is 16.5. The van der Waals surface area contributed by atoms with Gasteiger partial charge in [-0.05, 0) is 44.2 Å². The van der Waals surface area contributed by atoms with Gasteiger partial charge in [0.15, 0.2) is 0 Å². The van der Waals surface area contributed by atoms with E-state index in [0.717, 1.165) is 18.8 Å². The molecule has 1 aliphatic carbocycles. The lowest BCUT2D eigenvalue weighted by Crippen LogP contribution is -2.20. The maximum Gasteiger partial charge on any atom is 0.127 e. The molecule has 0 unspecified atom stereocenters. The topological polar surface area (TPSA) is 34.2 Å². The average molecular weight is 248 g/mol. The van der Waals surface area contributed by atoms with Crippen molar-refractivity contribution in [2.45, 2.75) is 52.2 Å². The molecule has 18 heavy (non-hydrogen) atoms. The number of hydrogen-bond donors (Lipinski definition) is 1. The van der Waals surface area contributed by atoms with Crippen LogP contribution in [0.15, 0.2) is 18.5 Å². The Kier molecular flexibility index (Phi) is 5.00. The zero-order valence-electron chi connectivity index (χ0n) is 11.5. The van der Waals surface area contributed by atoms with E-state index in [1.807, 2.05) is 18.5 Å². The fourth-order valence-corrected chi connectivity index (χ4v) is 2.34. The van der Waals surface area contributed by atoms with Gasteiger partial charge >= 0.3 is 0 Å². The lowest BCUT2D eigenvalue weighted by molar-refractivity contribution is 0.207. The molecular weight excluding hydrogens is 224 g/mol. The Hall–Kier alpha value is -1.09. The average Bonchev–Trinajstić information content (AvgIpc) is 2.84. The summed E-state index contributed by atoms with van der Waals surface area (Å²) in [6, 6.07) is 1.99. The third-order valence-corrected chi connectivity index (χ3v) is 3.32. The van der Waals surface area contributed by atoms with Gasteiger partial charge in [0.1, 0.15) is 5.75 Å². The first-order valence-electron chi connectivity index (χ1n) is 7.06. The molecule has 1 N–H and O–H groups in total. The van der Waals surface area contributed by atoms with Crippen molar-refractivity contribution in [1.29, 1.82) is 0 Å². The second kappa shape index (κ2) is 6.74. The van der Waals surface area contributed by atoms with Gasteiger partial charge in [0, 0.05) is 24.5 Å². The minimum Gasteiger partial charge on any atom is -0.490 e. The summed E-state index contributed by atoms with van der Waals surface area (Å²) in [5, 5.41) is 3.45. The third-order valence-electron chi connectivity index (χ3n) is 3.32. The molecule has 0 bridgehead atoms. The first-order chi connectivity index (χ1) is 8.75. The van der Waals surface area contributed by atoms with Crippen LogP contribution in [0.5, 0.6) is 5.75 Å². The molecular formula is C15H24N2O. The summed E-state index contributed by atoms with van der Waals surface area (Å²) >= 11 is 0. The Balaban J connectivity index is 1.91. The van der Waals surface area contributed by atoms with Gasteiger partial charge in [-0.1, -0.05) is 13.8 Å². The molecule has 3 nitrogen and oxygen atoms in total. The standard InChI is InChI=1S/C15H24N2O/c1-12(2)9-17-11-13-10-16-8-7-15(13)18-14-5-3-4-6-14/h7-8,10,12,14,17H,3-6,9,11H2,1-2H3. The number of hydrogen-bond acceptors (Lipinski definition) is 3. The van der Waals surface area contributed by atoms with E-state index < -0.39 is 0 Å². The largest absolute Gasteiger partial charge is 0.490 e. The van der Waals surface area contributed by atoms with Crippen molar-refractivity contribution in [3.8, 4) is 5.75 Å². The first-order valence-corrected chi connectivity index (χ1v) is 7.06. The van der Waals surface area contributed by atoms with Crippen LogP contribution >= 0.6 is 0 Å². The van der Waals surface area contributed by atoms with Crippen molar-refractivity contribution < 1.29 is 4.74 Å². The van der Waals surface area contributed by atoms with Crippen LogP contribution in [0.2, 0.25) is 0 Å². The van der Waals surface area contributed by atoms with E-state index in [2.05, 4.69) is 24.1 Å². The fourth-order valence-electron chi connectivity index (χ4n) is 2.34. The van der Waals surface area contributed by atoms with Crippen LogP contribution in [-0.2, 0) is 6.54 Å². The lowest BCUT2D eigenvalue weighted by Gasteiger charge is -2.16. The van der Waals surface area contributed by atoms with Crippen LogP contribution in [0.1, 0.15) is 45.1 Å². The highest BCUT2D eigenvalue weighted by molar-refractivity contribution is 5.30. The van der Waals surface area contributed by atoms with Gasteiger partial charge in [-0.15, -0.1) is 0 Å². The molecule has 0 saturated heterocycles. The summed E-state index contributed by atoms with van der Waals surface area (Å²) in [6.07, 6.45) is 9.14. The number of aromatic nitrogens is 1. The van der Waals surface area contributed by atoms with E-state index in [1.54, 1.807) is 0 Å². The summed E-state index contributed by atoms with van der Waals surface area (Å²) in [5.74, 6) is 1.68. The second-order valence-electron chi connectivity index (χ2n) is 5.53. The normalized spacial score (nSPS) is 16.4. The number of nitrogens with zero attached hydrogens (tertiary/aromatic N) is 1. The molecule has 0 spiro atoms. The number of ether oxygens (including phenoxy) is 1. The molecule has 1 heterocycles. The molecule has 1 aromatic rings. The van der Waals surface area contributed by atoms with Gasteiger partial charge in [0.2, 0.25) is 0 Å². The van der Waals surface area contributed by atoms with Crippen LogP contribution in [0, 0.1) is 5.92 Å². The van der Waals surface area contributed by atoms with Gasteiger partial charge in [-0.3, -0.25) is 4.98 Å². The van der Waals surface area contributed by atoms with Crippen molar-refractivity contribution in [2.75, 3.05) is 6.54 Å². The quantitative estimate of drug-likeness (QED) is 0.839. The van der Waals surface area contributed by atoms with Crippen molar-refractivity contribution in [3.63, 3.8) is 0 Å². The molecule has 0 radical (unpaired) electrons. The summed E-state index contributed by atoms with van der Waals surface area (Å²) in [6.45, 7) is 6.30. The van der Waals surface area contributed by atoms with Crippen molar-refractivity contribution >= 4 is 0 Å². The molecule has 1 saturated carbocycles. The van der Waals surface area contributed by atoms with E-state index >= 15 is 0 Å². The fraction of sp³-hybridized carbons (Fsp3) is 0.667. The minimum absolute atomic E-state index is 0.413. The number of rotatable bonds is 6. The zero-order chi connectivity index (χ0) is 12.8. The van der Waals surface area contributed by atoms with E-state index in [9.17, 15) is 0 Å². The van der Waals surface area contributed by atoms with Gasteiger partial charge in [0.25, 0.3) is 0 Å². The van der Waals surface area contributed by atoms with Crippen LogP contribution in [0.3, 0.4) is 0 Å². The lowest BCUT2D eigenvalue weighted by atomic mass is 10.2. The summed E-state index contributed by atoms with van der Waals surface area (Å²) in [4.78, 5) is 4.20. The predicted molar refractivity (Wildman–Crippen MR) is 73.7 cm³/mol. The Morgan fingerprint density at radius 3 is 2.89 bits per heavy atom. The van der Waals surface area contributed by atoms with Crippen molar-refractivity contribution in [1.82, 2.24) is 10.3 Å². The van der Waals surface area contributed by atoms with E-state index in [4.69, 9.17) is 4.74 Å². The maximum absolute atomic E-state index is 6.08.